The van der Waals surface area contributed by atoms with Crippen LogP contribution in [0.15, 0.2) is 54.6 Å². The van der Waals surface area contributed by atoms with Gasteiger partial charge in [-0.1, -0.05) is 12.1 Å². The lowest BCUT2D eigenvalue weighted by atomic mass is 9.91. The smallest absolute Gasteiger partial charge is 0.257 e. The van der Waals surface area contributed by atoms with Crippen molar-refractivity contribution in [1.29, 1.82) is 0 Å². The van der Waals surface area contributed by atoms with Crippen LogP contribution in [0.5, 0.6) is 17.2 Å². The first kappa shape index (κ1) is 22.6. The molecular weight excluding hydrogens is 416 g/mol. The summed E-state index contributed by atoms with van der Waals surface area (Å²) < 4.78 is 16.0. The molecule has 1 unspecified atom stereocenters. The van der Waals surface area contributed by atoms with Crippen LogP contribution in [0.4, 0.5) is 0 Å². The normalized spacial score (nSPS) is 15.8. The molecule has 1 amide bonds. The van der Waals surface area contributed by atoms with E-state index in [1.54, 1.807) is 39.5 Å². The zero-order chi connectivity index (χ0) is 23.4. The Labute approximate surface area is 195 Å². The van der Waals surface area contributed by atoms with Crippen molar-refractivity contribution >= 4 is 5.91 Å². The van der Waals surface area contributed by atoms with Gasteiger partial charge in [0.1, 0.15) is 17.2 Å². The number of nitrogens with zero attached hydrogens (tertiary/aromatic N) is 2. The van der Waals surface area contributed by atoms with E-state index in [9.17, 15) is 4.79 Å². The first-order valence-corrected chi connectivity index (χ1v) is 11.2. The van der Waals surface area contributed by atoms with Crippen LogP contribution in [0.1, 0.15) is 40.5 Å². The number of carbonyl (C=O) groups excluding carboxylic acids is 1. The van der Waals surface area contributed by atoms with Crippen molar-refractivity contribution in [2.24, 2.45) is 0 Å². The fraction of sp³-hybridized carbons (Fsp3) is 0.333. The number of hydrogen-bond donors (Lipinski definition) is 0. The maximum Gasteiger partial charge on any atom is 0.257 e. The fourth-order valence-electron chi connectivity index (χ4n) is 4.40. The molecule has 2 heterocycles. The molecule has 4 rings (SSSR count). The standard InChI is InChI=1S/C27H30N2O4/c1-18-14-21(19-7-9-22(31-2)10-8-19)15-25(28-18)20-6-5-13-29(17-20)27(30)24-12-11-23(32-3)16-26(24)33-4/h7-12,14-16,20H,5-6,13,17H2,1-4H3. The molecule has 1 atom stereocenters. The molecular formula is C27H30N2O4. The Bertz CT molecular complexity index is 1130. The van der Waals surface area contributed by atoms with Crippen LogP contribution < -0.4 is 14.2 Å². The molecule has 0 aliphatic carbocycles. The summed E-state index contributed by atoms with van der Waals surface area (Å²) in [6, 6.07) is 17.6. The van der Waals surface area contributed by atoms with E-state index in [1.807, 2.05) is 24.0 Å². The molecule has 2 aromatic carbocycles. The molecule has 6 heteroatoms. The average Bonchev–Trinajstić information content (AvgIpc) is 2.87. The highest BCUT2D eigenvalue weighted by atomic mass is 16.5. The Morgan fingerprint density at radius 2 is 1.64 bits per heavy atom. The van der Waals surface area contributed by atoms with Gasteiger partial charge in [0.25, 0.3) is 5.91 Å². The minimum Gasteiger partial charge on any atom is -0.497 e. The predicted octanol–water partition coefficient (Wildman–Crippen LogP) is 5.10. The van der Waals surface area contributed by atoms with Crippen molar-refractivity contribution in [3.63, 3.8) is 0 Å². The Balaban J connectivity index is 1.57. The van der Waals surface area contributed by atoms with Gasteiger partial charge in [0.15, 0.2) is 0 Å². The summed E-state index contributed by atoms with van der Waals surface area (Å²) in [5.74, 6) is 2.18. The van der Waals surface area contributed by atoms with Gasteiger partial charge in [0.2, 0.25) is 0 Å². The number of piperidine rings is 1. The van der Waals surface area contributed by atoms with Crippen LogP contribution in [0.25, 0.3) is 11.1 Å². The molecule has 1 aromatic heterocycles. The average molecular weight is 447 g/mol. The Morgan fingerprint density at radius 3 is 2.33 bits per heavy atom. The number of ether oxygens (including phenoxy) is 3. The molecule has 0 N–H and O–H groups in total. The molecule has 1 aliphatic heterocycles. The Kier molecular flexibility index (Phi) is 6.82. The van der Waals surface area contributed by atoms with E-state index in [-0.39, 0.29) is 11.8 Å². The van der Waals surface area contributed by atoms with E-state index >= 15 is 0 Å². The van der Waals surface area contributed by atoms with Gasteiger partial charge >= 0.3 is 0 Å². The topological polar surface area (TPSA) is 60.9 Å². The number of likely N-dealkylation sites (tertiary alicyclic amines) is 1. The first-order chi connectivity index (χ1) is 16.0. The summed E-state index contributed by atoms with van der Waals surface area (Å²) >= 11 is 0. The minimum absolute atomic E-state index is 0.0257. The van der Waals surface area contributed by atoms with Gasteiger partial charge in [-0.15, -0.1) is 0 Å². The third-order valence-corrected chi connectivity index (χ3v) is 6.16. The van der Waals surface area contributed by atoms with Gasteiger partial charge in [-0.05, 0) is 67.3 Å². The number of aryl methyl sites for hydroxylation is 1. The van der Waals surface area contributed by atoms with Crippen molar-refractivity contribution in [3.8, 4) is 28.4 Å². The Morgan fingerprint density at radius 1 is 0.909 bits per heavy atom. The third-order valence-electron chi connectivity index (χ3n) is 6.16. The number of methoxy groups -OCH3 is 3. The molecule has 0 saturated carbocycles. The second-order valence-electron chi connectivity index (χ2n) is 8.31. The van der Waals surface area contributed by atoms with Gasteiger partial charge in [0.05, 0.1) is 26.9 Å². The summed E-state index contributed by atoms with van der Waals surface area (Å²) in [6.45, 7) is 3.37. The molecule has 1 aliphatic rings. The van der Waals surface area contributed by atoms with E-state index < -0.39 is 0 Å². The summed E-state index contributed by atoms with van der Waals surface area (Å²) in [4.78, 5) is 20.1. The number of pyridine rings is 1. The lowest BCUT2D eigenvalue weighted by Crippen LogP contribution is -2.39. The van der Waals surface area contributed by atoms with E-state index in [1.165, 1.54) is 0 Å². The fourth-order valence-corrected chi connectivity index (χ4v) is 4.40. The number of carbonyl (C=O) groups is 1. The Hall–Kier alpha value is -3.54. The number of benzene rings is 2. The zero-order valence-corrected chi connectivity index (χ0v) is 19.6. The quantitative estimate of drug-likeness (QED) is 0.527. The van der Waals surface area contributed by atoms with Crippen LogP contribution >= 0.6 is 0 Å². The highest BCUT2D eigenvalue weighted by Crippen LogP contribution is 2.32. The van der Waals surface area contributed by atoms with Crippen molar-refractivity contribution in [1.82, 2.24) is 9.88 Å². The molecule has 33 heavy (non-hydrogen) atoms. The number of amides is 1. The summed E-state index contributed by atoms with van der Waals surface area (Å²) in [7, 11) is 4.84. The molecule has 0 bridgehead atoms. The van der Waals surface area contributed by atoms with Crippen molar-refractivity contribution in [2.75, 3.05) is 34.4 Å². The maximum atomic E-state index is 13.3. The van der Waals surface area contributed by atoms with E-state index in [2.05, 4.69) is 24.3 Å². The third kappa shape index (κ3) is 4.95. The SMILES string of the molecule is COc1ccc(-c2cc(C)nc(C3CCCN(C(=O)c4ccc(OC)cc4OC)C3)c2)cc1. The second kappa shape index (κ2) is 9.94. The van der Waals surface area contributed by atoms with Gasteiger partial charge in [0, 0.05) is 36.5 Å². The summed E-state index contributed by atoms with van der Waals surface area (Å²) in [6.07, 6.45) is 1.93. The maximum absolute atomic E-state index is 13.3. The lowest BCUT2D eigenvalue weighted by molar-refractivity contribution is 0.0702. The highest BCUT2D eigenvalue weighted by molar-refractivity contribution is 5.97. The van der Waals surface area contributed by atoms with Gasteiger partial charge in [-0.25, -0.2) is 0 Å². The molecule has 0 radical (unpaired) electrons. The van der Waals surface area contributed by atoms with Crippen LogP contribution in [-0.4, -0.2) is 50.2 Å². The summed E-state index contributed by atoms with van der Waals surface area (Å²) in [5, 5.41) is 0. The van der Waals surface area contributed by atoms with E-state index in [4.69, 9.17) is 19.2 Å². The molecule has 0 spiro atoms. The second-order valence-corrected chi connectivity index (χ2v) is 8.31. The zero-order valence-electron chi connectivity index (χ0n) is 19.6. The predicted molar refractivity (Wildman–Crippen MR) is 128 cm³/mol. The molecule has 172 valence electrons. The highest BCUT2D eigenvalue weighted by Gasteiger charge is 2.28. The van der Waals surface area contributed by atoms with Crippen molar-refractivity contribution < 1.29 is 19.0 Å². The van der Waals surface area contributed by atoms with Gasteiger partial charge in [-0.2, -0.15) is 0 Å². The number of hydrogen-bond acceptors (Lipinski definition) is 5. The lowest BCUT2D eigenvalue weighted by Gasteiger charge is -2.33. The molecule has 1 fully saturated rings. The number of rotatable bonds is 6. The van der Waals surface area contributed by atoms with Crippen molar-refractivity contribution in [2.45, 2.75) is 25.7 Å². The van der Waals surface area contributed by atoms with Crippen LogP contribution in [0.3, 0.4) is 0 Å². The molecule has 1 saturated heterocycles. The minimum atomic E-state index is -0.0257. The van der Waals surface area contributed by atoms with Crippen LogP contribution in [0, 0.1) is 6.92 Å². The first-order valence-electron chi connectivity index (χ1n) is 11.2. The molecule has 3 aromatic rings. The number of aromatic nitrogens is 1. The van der Waals surface area contributed by atoms with E-state index in [0.29, 0.717) is 23.6 Å². The van der Waals surface area contributed by atoms with Gasteiger partial charge < -0.3 is 19.1 Å². The monoisotopic (exact) mass is 446 g/mol. The van der Waals surface area contributed by atoms with E-state index in [0.717, 1.165) is 47.7 Å². The largest absolute Gasteiger partial charge is 0.497 e. The van der Waals surface area contributed by atoms with Gasteiger partial charge in [-0.3, -0.25) is 9.78 Å². The summed E-state index contributed by atoms with van der Waals surface area (Å²) in [5.41, 5.74) is 4.79. The van der Waals surface area contributed by atoms with Crippen LogP contribution in [0.2, 0.25) is 0 Å². The molecule has 6 nitrogen and oxygen atoms in total. The van der Waals surface area contributed by atoms with Crippen molar-refractivity contribution in [3.05, 3.63) is 71.5 Å². The van der Waals surface area contributed by atoms with Crippen LogP contribution in [-0.2, 0) is 0 Å².